The number of rotatable bonds is 7. The van der Waals surface area contributed by atoms with Crippen LogP contribution >= 0.6 is 0 Å². The van der Waals surface area contributed by atoms with Gasteiger partial charge in [-0.2, -0.15) is 0 Å². The molecule has 3 rings (SSSR count). The number of benzene rings is 2. The van der Waals surface area contributed by atoms with E-state index >= 15 is 0 Å². The van der Waals surface area contributed by atoms with Gasteiger partial charge in [0.25, 0.3) is 0 Å². The van der Waals surface area contributed by atoms with Crippen LogP contribution in [0.15, 0.2) is 36.4 Å². The molecule has 1 aliphatic heterocycles. The number of hydrogen-bond donors (Lipinski definition) is 1. The van der Waals surface area contributed by atoms with Crippen LogP contribution in [0.25, 0.3) is 0 Å². The molecule has 0 aliphatic carbocycles. The summed E-state index contributed by atoms with van der Waals surface area (Å²) < 4.78 is 16.0. The van der Waals surface area contributed by atoms with Crippen molar-refractivity contribution < 1.29 is 19.0 Å². The smallest absolute Gasteiger partial charge is 0.234 e. The molecule has 28 heavy (non-hydrogen) atoms. The number of nitrogens with zero attached hydrogens (tertiary/aromatic N) is 1. The number of ether oxygens (including phenoxy) is 3. The summed E-state index contributed by atoms with van der Waals surface area (Å²) in [7, 11) is 4.92. The van der Waals surface area contributed by atoms with Crippen LogP contribution in [0.2, 0.25) is 0 Å². The van der Waals surface area contributed by atoms with Crippen LogP contribution in [0.5, 0.6) is 17.2 Å². The van der Waals surface area contributed by atoms with Crippen molar-refractivity contribution in [2.24, 2.45) is 0 Å². The van der Waals surface area contributed by atoms with Gasteiger partial charge in [0, 0.05) is 18.7 Å². The number of nitrogens with one attached hydrogen (secondary N) is 1. The summed E-state index contributed by atoms with van der Waals surface area (Å²) in [6.07, 6.45) is 0.936. The summed E-state index contributed by atoms with van der Waals surface area (Å²) >= 11 is 0. The second-order valence-corrected chi connectivity index (χ2v) is 6.99. The zero-order chi connectivity index (χ0) is 20.1. The largest absolute Gasteiger partial charge is 0.497 e. The third-order valence-corrected chi connectivity index (χ3v) is 5.15. The van der Waals surface area contributed by atoms with Crippen LogP contribution in [0.3, 0.4) is 0 Å². The van der Waals surface area contributed by atoms with Crippen LogP contribution in [-0.2, 0) is 17.8 Å². The molecule has 1 heterocycles. The predicted molar refractivity (Wildman–Crippen MR) is 108 cm³/mol. The fourth-order valence-electron chi connectivity index (χ4n) is 3.60. The van der Waals surface area contributed by atoms with E-state index < -0.39 is 0 Å². The number of carbonyl (C=O) groups is 1. The molecule has 6 nitrogen and oxygen atoms in total. The molecule has 1 N–H and O–H groups in total. The third kappa shape index (κ3) is 4.57. The normalized spacial score (nSPS) is 14.7. The fraction of sp³-hybridized carbons (Fsp3) is 0.409. The molecule has 1 aliphatic rings. The predicted octanol–water partition coefficient (Wildman–Crippen LogP) is 2.95. The number of carbonyl (C=O) groups excluding carboxylic acids is 1. The molecule has 1 unspecified atom stereocenters. The Bertz CT molecular complexity index is 837. The van der Waals surface area contributed by atoms with Gasteiger partial charge in [0.2, 0.25) is 5.91 Å². The maximum Gasteiger partial charge on any atom is 0.234 e. The van der Waals surface area contributed by atoms with Gasteiger partial charge in [0.15, 0.2) is 0 Å². The summed E-state index contributed by atoms with van der Waals surface area (Å²) in [4.78, 5) is 14.8. The Morgan fingerprint density at radius 3 is 2.46 bits per heavy atom. The lowest BCUT2D eigenvalue weighted by molar-refractivity contribution is -0.123. The molecule has 2 aromatic carbocycles. The molecular weight excluding hydrogens is 356 g/mol. The Balaban J connectivity index is 1.63. The topological polar surface area (TPSA) is 60.0 Å². The Morgan fingerprint density at radius 1 is 1.04 bits per heavy atom. The van der Waals surface area contributed by atoms with Crippen molar-refractivity contribution in [3.63, 3.8) is 0 Å². The first-order valence-electron chi connectivity index (χ1n) is 9.43. The van der Waals surface area contributed by atoms with Crippen LogP contribution < -0.4 is 19.5 Å². The SMILES string of the molecule is COc1ccc2c(c1)CN(CC(=O)NC(C)c1cc(OC)ccc1OC)CC2. The summed E-state index contributed by atoms with van der Waals surface area (Å²) in [5, 5.41) is 3.08. The Morgan fingerprint density at radius 2 is 1.75 bits per heavy atom. The zero-order valence-corrected chi connectivity index (χ0v) is 17.0. The molecule has 0 fully saturated rings. The van der Waals surface area contributed by atoms with Crippen molar-refractivity contribution in [2.45, 2.75) is 25.9 Å². The first-order valence-corrected chi connectivity index (χ1v) is 9.43. The Kier molecular flexibility index (Phi) is 6.41. The highest BCUT2D eigenvalue weighted by Crippen LogP contribution is 2.29. The van der Waals surface area contributed by atoms with Gasteiger partial charge in [-0.3, -0.25) is 9.69 Å². The quantitative estimate of drug-likeness (QED) is 0.795. The van der Waals surface area contributed by atoms with E-state index in [-0.39, 0.29) is 11.9 Å². The number of amides is 1. The van der Waals surface area contributed by atoms with Crippen molar-refractivity contribution in [2.75, 3.05) is 34.4 Å². The Labute approximate surface area is 166 Å². The van der Waals surface area contributed by atoms with Crippen molar-refractivity contribution in [1.29, 1.82) is 0 Å². The summed E-state index contributed by atoms with van der Waals surface area (Å²) in [5.41, 5.74) is 3.44. The highest BCUT2D eigenvalue weighted by Gasteiger charge is 2.21. The van der Waals surface area contributed by atoms with E-state index in [0.717, 1.165) is 42.3 Å². The molecule has 1 atom stereocenters. The molecule has 0 aromatic heterocycles. The lowest BCUT2D eigenvalue weighted by atomic mass is 9.99. The lowest BCUT2D eigenvalue weighted by Crippen LogP contribution is -2.40. The summed E-state index contributed by atoms with van der Waals surface area (Å²) in [5.74, 6) is 2.30. The second-order valence-electron chi connectivity index (χ2n) is 6.99. The Hall–Kier alpha value is -2.73. The van der Waals surface area contributed by atoms with E-state index in [1.807, 2.05) is 31.2 Å². The van der Waals surface area contributed by atoms with E-state index in [1.165, 1.54) is 11.1 Å². The minimum Gasteiger partial charge on any atom is -0.497 e. The minimum absolute atomic E-state index is 0.0104. The molecule has 6 heteroatoms. The summed E-state index contributed by atoms with van der Waals surface area (Å²) in [6.45, 7) is 3.92. The van der Waals surface area contributed by atoms with E-state index in [2.05, 4.69) is 22.3 Å². The number of methoxy groups -OCH3 is 3. The van der Waals surface area contributed by atoms with Crippen LogP contribution in [0.1, 0.15) is 29.7 Å². The zero-order valence-electron chi connectivity index (χ0n) is 17.0. The van der Waals surface area contributed by atoms with Crippen molar-refractivity contribution in [3.8, 4) is 17.2 Å². The molecule has 0 radical (unpaired) electrons. The maximum atomic E-state index is 12.6. The van der Waals surface area contributed by atoms with Crippen LogP contribution in [0.4, 0.5) is 0 Å². The van der Waals surface area contributed by atoms with Gasteiger partial charge in [-0.1, -0.05) is 6.07 Å². The summed E-state index contributed by atoms with van der Waals surface area (Å²) in [6, 6.07) is 11.6. The average Bonchev–Trinajstić information content (AvgIpc) is 2.72. The number of fused-ring (bicyclic) bond motifs is 1. The highest BCUT2D eigenvalue weighted by molar-refractivity contribution is 5.78. The van der Waals surface area contributed by atoms with Crippen LogP contribution in [-0.4, -0.2) is 45.2 Å². The molecule has 0 spiro atoms. The molecule has 2 aromatic rings. The van der Waals surface area contributed by atoms with Crippen molar-refractivity contribution in [1.82, 2.24) is 10.2 Å². The highest BCUT2D eigenvalue weighted by atomic mass is 16.5. The van der Waals surface area contributed by atoms with Gasteiger partial charge in [0.1, 0.15) is 17.2 Å². The number of hydrogen-bond acceptors (Lipinski definition) is 5. The first kappa shape index (κ1) is 20.0. The molecule has 0 saturated heterocycles. The lowest BCUT2D eigenvalue weighted by Gasteiger charge is -2.29. The van der Waals surface area contributed by atoms with Gasteiger partial charge >= 0.3 is 0 Å². The van der Waals surface area contributed by atoms with Crippen LogP contribution in [0, 0.1) is 0 Å². The maximum absolute atomic E-state index is 12.6. The molecule has 0 saturated carbocycles. The van der Waals surface area contributed by atoms with E-state index in [4.69, 9.17) is 14.2 Å². The van der Waals surface area contributed by atoms with Gasteiger partial charge in [-0.25, -0.2) is 0 Å². The van der Waals surface area contributed by atoms with Gasteiger partial charge in [-0.05, 0) is 54.8 Å². The van der Waals surface area contributed by atoms with E-state index in [1.54, 1.807) is 21.3 Å². The molecule has 150 valence electrons. The standard InChI is InChI=1S/C22H28N2O4/c1-15(20-12-19(27-3)7-8-21(20)28-4)23-22(25)14-24-10-9-16-5-6-18(26-2)11-17(16)13-24/h5-8,11-12,15H,9-10,13-14H2,1-4H3,(H,23,25). The fourth-order valence-corrected chi connectivity index (χ4v) is 3.60. The molecule has 0 bridgehead atoms. The van der Waals surface area contributed by atoms with Gasteiger partial charge in [0.05, 0.1) is 33.9 Å². The first-order chi connectivity index (χ1) is 13.5. The van der Waals surface area contributed by atoms with Crippen molar-refractivity contribution >= 4 is 5.91 Å². The van der Waals surface area contributed by atoms with Crippen molar-refractivity contribution in [3.05, 3.63) is 53.1 Å². The van der Waals surface area contributed by atoms with E-state index in [9.17, 15) is 4.79 Å². The molecular formula is C22H28N2O4. The minimum atomic E-state index is -0.185. The average molecular weight is 384 g/mol. The second kappa shape index (κ2) is 8.97. The monoisotopic (exact) mass is 384 g/mol. The molecule has 1 amide bonds. The van der Waals surface area contributed by atoms with E-state index in [0.29, 0.717) is 6.54 Å². The third-order valence-electron chi connectivity index (χ3n) is 5.15. The van der Waals surface area contributed by atoms with Gasteiger partial charge in [-0.15, -0.1) is 0 Å². The van der Waals surface area contributed by atoms with Gasteiger partial charge < -0.3 is 19.5 Å².